The van der Waals surface area contributed by atoms with E-state index in [1.165, 1.54) is 7.11 Å². The molecule has 0 aliphatic rings. The lowest BCUT2D eigenvalue weighted by Gasteiger charge is -2.08. The van der Waals surface area contributed by atoms with E-state index in [1.54, 1.807) is 31.2 Å². The monoisotopic (exact) mass is 298 g/mol. The number of benzene rings is 1. The van der Waals surface area contributed by atoms with Crippen LogP contribution in [0.3, 0.4) is 0 Å². The molecule has 0 spiro atoms. The molecule has 0 heterocycles. The molecule has 1 aromatic carbocycles. The number of methoxy groups -OCH3 is 1. The largest absolute Gasteiger partial charge is 0.504 e. The van der Waals surface area contributed by atoms with Gasteiger partial charge in [-0.05, 0) is 18.6 Å². The maximum Gasteiger partial charge on any atom is 0.333 e. The summed E-state index contributed by atoms with van der Waals surface area (Å²) >= 11 is 0. The molecule has 0 radical (unpaired) electrons. The van der Waals surface area contributed by atoms with Crippen LogP contribution in [0.4, 0.5) is 0 Å². The van der Waals surface area contributed by atoms with E-state index in [9.17, 15) is 4.79 Å². The summed E-state index contributed by atoms with van der Waals surface area (Å²) in [5.74, 6) is 0.169. The number of ether oxygens (including phenoxy) is 2. The average molecular weight is 298 g/mol. The van der Waals surface area contributed by atoms with Gasteiger partial charge in [0.1, 0.15) is 12.7 Å². The number of carbonyl (C=O) groups excluding carboxylic acids is 1. The topological polar surface area (TPSA) is 96.2 Å². The van der Waals surface area contributed by atoms with E-state index in [0.717, 1.165) is 0 Å². The molecule has 0 bridgehead atoms. The Kier molecular flexibility index (Phi) is 9.66. The molecule has 1 atom stereocenters. The maximum atomic E-state index is 10.9. The molecule has 1 unspecified atom stereocenters. The van der Waals surface area contributed by atoms with E-state index in [2.05, 4.69) is 11.3 Å². The SMILES string of the molecule is C=C(CC)C(=O)OCC(O)CO.COc1ccccc1O. The van der Waals surface area contributed by atoms with E-state index in [0.29, 0.717) is 17.7 Å². The van der Waals surface area contributed by atoms with Gasteiger partial charge in [0.05, 0.1) is 13.7 Å². The number of aliphatic hydroxyl groups excluding tert-OH is 2. The zero-order valence-electron chi connectivity index (χ0n) is 12.3. The van der Waals surface area contributed by atoms with Crippen LogP contribution in [-0.4, -0.2) is 47.7 Å². The number of aromatic hydroxyl groups is 1. The number of phenolic OH excluding ortho intramolecular Hbond substituents is 1. The van der Waals surface area contributed by atoms with Gasteiger partial charge >= 0.3 is 5.97 Å². The fourth-order valence-corrected chi connectivity index (χ4v) is 1.10. The molecule has 0 aliphatic carbocycles. The standard InChI is InChI=1S/C8H14O4.C7H8O2/c1-3-6(2)8(11)12-5-7(10)4-9;1-9-7-5-3-2-4-6(7)8/h7,9-10H,2-5H2,1H3;2-5,8H,1H3. The van der Waals surface area contributed by atoms with E-state index in [4.69, 9.17) is 20.1 Å². The van der Waals surface area contributed by atoms with Crippen LogP contribution in [-0.2, 0) is 9.53 Å². The Hall–Kier alpha value is -2.05. The third kappa shape index (κ3) is 7.96. The first-order valence-corrected chi connectivity index (χ1v) is 6.42. The van der Waals surface area contributed by atoms with Crippen LogP contribution < -0.4 is 4.74 Å². The zero-order chi connectivity index (χ0) is 16.3. The maximum absolute atomic E-state index is 10.9. The molecule has 6 nitrogen and oxygen atoms in total. The van der Waals surface area contributed by atoms with Crippen molar-refractivity contribution < 1.29 is 29.6 Å². The van der Waals surface area contributed by atoms with Crippen LogP contribution in [0.15, 0.2) is 36.4 Å². The summed E-state index contributed by atoms with van der Waals surface area (Å²) in [6.45, 7) is 4.65. The van der Waals surface area contributed by atoms with Crippen LogP contribution in [0.25, 0.3) is 0 Å². The first-order valence-electron chi connectivity index (χ1n) is 6.42. The van der Waals surface area contributed by atoms with Gasteiger partial charge in [-0.25, -0.2) is 4.79 Å². The normalized spacial score (nSPS) is 10.9. The molecule has 0 aliphatic heterocycles. The van der Waals surface area contributed by atoms with Gasteiger partial charge in [-0.15, -0.1) is 0 Å². The number of phenols is 1. The second-order valence-electron chi connectivity index (χ2n) is 4.06. The van der Waals surface area contributed by atoms with Gasteiger partial charge in [-0.1, -0.05) is 25.6 Å². The van der Waals surface area contributed by atoms with Crippen molar-refractivity contribution in [3.05, 3.63) is 36.4 Å². The summed E-state index contributed by atoms with van der Waals surface area (Å²) in [7, 11) is 1.52. The van der Waals surface area contributed by atoms with Crippen molar-refractivity contribution >= 4 is 5.97 Å². The lowest BCUT2D eigenvalue weighted by molar-refractivity contribution is -0.142. The summed E-state index contributed by atoms with van der Waals surface area (Å²) < 4.78 is 9.39. The van der Waals surface area contributed by atoms with Crippen molar-refractivity contribution in [1.29, 1.82) is 0 Å². The van der Waals surface area contributed by atoms with E-state index in [1.807, 2.05) is 0 Å². The van der Waals surface area contributed by atoms with Crippen molar-refractivity contribution in [2.24, 2.45) is 0 Å². The molecule has 0 saturated heterocycles. The molecule has 1 rings (SSSR count). The summed E-state index contributed by atoms with van der Waals surface area (Å²) in [5.41, 5.74) is 0.361. The molecule has 3 N–H and O–H groups in total. The minimum atomic E-state index is -1.00. The highest BCUT2D eigenvalue weighted by Crippen LogP contribution is 2.22. The smallest absolute Gasteiger partial charge is 0.333 e. The number of hydrogen-bond donors (Lipinski definition) is 3. The van der Waals surface area contributed by atoms with Gasteiger partial charge in [0, 0.05) is 5.57 Å². The Labute approximate surface area is 124 Å². The summed E-state index contributed by atoms with van der Waals surface area (Å²) in [6.07, 6.45) is -0.479. The van der Waals surface area contributed by atoms with Gasteiger partial charge in [-0.3, -0.25) is 0 Å². The highest BCUT2D eigenvalue weighted by atomic mass is 16.5. The van der Waals surface area contributed by atoms with Gasteiger partial charge in [0.25, 0.3) is 0 Å². The predicted octanol–water partition coefficient (Wildman–Crippen LogP) is 1.25. The van der Waals surface area contributed by atoms with Gasteiger partial charge in [0.15, 0.2) is 11.5 Å². The fraction of sp³-hybridized carbons (Fsp3) is 0.400. The molecule has 0 amide bonds. The van der Waals surface area contributed by atoms with Crippen molar-refractivity contribution in [3.63, 3.8) is 0 Å². The minimum Gasteiger partial charge on any atom is -0.504 e. The van der Waals surface area contributed by atoms with Crippen LogP contribution >= 0.6 is 0 Å². The summed E-state index contributed by atoms with van der Waals surface area (Å²) in [6, 6.07) is 6.84. The highest BCUT2D eigenvalue weighted by molar-refractivity contribution is 5.87. The summed E-state index contributed by atoms with van der Waals surface area (Å²) in [4.78, 5) is 10.9. The van der Waals surface area contributed by atoms with Crippen LogP contribution in [0.2, 0.25) is 0 Å². The average Bonchev–Trinajstić information content (AvgIpc) is 2.52. The molecule has 0 aromatic heterocycles. The third-order valence-electron chi connectivity index (χ3n) is 2.42. The molecular weight excluding hydrogens is 276 g/mol. The Balaban J connectivity index is 0.000000394. The van der Waals surface area contributed by atoms with E-state index >= 15 is 0 Å². The van der Waals surface area contributed by atoms with Gasteiger partial charge < -0.3 is 24.8 Å². The predicted molar refractivity (Wildman–Crippen MR) is 78.1 cm³/mol. The lowest BCUT2D eigenvalue weighted by atomic mass is 10.2. The fourth-order valence-electron chi connectivity index (χ4n) is 1.10. The van der Waals surface area contributed by atoms with Crippen molar-refractivity contribution in [2.75, 3.05) is 20.3 Å². The Bertz CT molecular complexity index is 444. The van der Waals surface area contributed by atoms with Crippen LogP contribution in [0.5, 0.6) is 11.5 Å². The molecular formula is C15H22O6. The van der Waals surface area contributed by atoms with Crippen LogP contribution in [0.1, 0.15) is 13.3 Å². The molecule has 21 heavy (non-hydrogen) atoms. The number of hydrogen-bond acceptors (Lipinski definition) is 6. The van der Waals surface area contributed by atoms with Crippen molar-refractivity contribution in [2.45, 2.75) is 19.4 Å². The Morgan fingerprint density at radius 2 is 2.00 bits per heavy atom. The van der Waals surface area contributed by atoms with Crippen molar-refractivity contribution in [1.82, 2.24) is 0 Å². The number of rotatable bonds is 6. The second kappa shape index (κ2) is 10.7. The number of esters is 1. The number of aliphatic hydroxyl groups is 2. The minimum absolute atomic E-state index is 0.181. The quantitative estimate of drug-likeness (QED) is 0.540. The summed E-state index contributed by atoms with van der Waals surface area (Å²) in [5, 5.41) is 26.2. The van der Waals surface area contributed by atoms with Gasteiger partial charge in [0.2, 0.25) is 0 Å². The highest BCUT2D eigenvalue weighted by Gasteiger charge is 2.09. The first kappa shape index (κ1) is 18.9. The first-order chi connectivity index (χ1) is 9.96. The van der Waals surface area contributed by atoms with Crippen molar-refractivity contribution in [3.8, 4) is 11.5 Å². The number of carbonyl (C=O) groups is 1. The lowest BCUT2D eigenvalue weighted by Crippen LogP contribution is -2.22. The van der Waals surface area contributed by atoms with Crippen LogP contribution in [0, 0.1) is 0 Å². The molecule has 0 saturated carbocycles. The Morgan fingerprint density at radius 1 is 1.38 bits per heavy atom. The third-order valence-corrected chi connectivity index (χ3v) is 2.42. The van der Waals surface area contributed by atoms with Gasteiger partial charge in [-0.2, -0.15) is 0 Å². The second-order valence-corrected chi connectivity index (χ2v) is 4.06. The van der Waals surface area contributed by atoms with E-state index in [-0.39, 0.29) is 12.4 Å². The van der Waals surface area contributed by atoms with E-state index < -0.39 is 18.7 Å². The Morgan fingerprint density at radius 3 is 2.43 bits per heavy atom. The number of para-hydroxylation sites is 2. The zero-order valence-corrected chi connectivity index (χ0v) is 12.3. The molecule has 6 heteroatoms. The molecule has 0 fully saturated rings. The molecule has 118 valence electrons. The molecule has 1 aromatic rings.